The van der Waals surface area contributed by atoms with Gasteiger partial charge in [-0.1, -0.05) is 0 Å². The van der Waals surface area contributed by atoms with E-state index in [-0.39, 0.29) is 17.8 Å². The summed E-state index contributed by atoms with van der Waals surface area (Å²) >= 11 is 0. The first-order chi connectivity index (χ1) is 13.1. The zero-order chi connectivity index (χ0) is 18.8. The minimum absolute atomic E-state index is 0.258. The van der Waals surface area contributed by atoms with Crippen molar-refractivity contribution in [3.8, 4) is 0 Å². The second-order valence-corrected chi connectivity index (χ2v) is 7.80. The summed E-state index contributed by atoms with van der Waals surface area (Å²) in [4.78, 5) is 21.0. The largest absolute Gasteiger partial charge is 0.382 e. The molecular formula is C21H27FN4O. The highest BCUT2D eigenvalue weighted by atomic mass is 19.1. The first kappa shape index (κ1) is 18.2. The maximum Gasteiger partial charge on any atom is 0.236 e. The highest BCUT2D eigenvalue weighted by molar-refractivity contribution is 5.91. The van der Waals surface area contributed by atoms with E-state index in [1.165, 1.54) is 6.07 Å². The van der Waals surface area contributed by atoms with E-state index in [2.05, 4.69) is 22.1 Å². The minimum atomic E-state index is -0.272. The lowest BCUT2D eigenvalue weighted by Gasteiger charge is -2.34. The molecule has 0 spiro atoms. The van der Waals surface area contributed by atoms with Gasteiger partial charge >= 0.3 is 0 Å². The Labute approximate surface area is 159 Å². The van der Waals surface area contributed by atoms with Crippen LogP contribution >= 0.6 is 0 Å². The van der Waals surface area contributed by atoms with Gasteiger partial charge in [0.1, 0.15) is 5.82 Å². The Morgan fingerprint density at radius 1 is 1.26 bits per heavy atom. The molecule has 0 saturated carbocycles. The molecule has 2 aliphatic heterocycles. The van der Waals surface area contributed by atoms with E-state index in [0.717, 1.165) is 56.4 Å². The summed E-state index contributed by atoms with van der Waals surface area (Å²) in [5.41, 5.74) is 1.47. The molecule has 0 radical (unpaired) electrons. The van der Waals surface area contributed by atoms with Gasteiger partial charge in [0.05, 0.1) is 12.1 Å². The Morgan fingerprint density at radius 3 is 2.81 bits per heavy atom. The molecule has 2 aliphatic rings. The van der Waals surface area contributed by atoms with Crippen LogP contribution < -0.4 is 5.32 Å². The third-order valence-corrected chi connectivity index (χ3v) is 5.86. The SMILES string of the molecule is C[C@@H]1CCCN1C(=O)CN1CCC(Nc2cc(F)cc3ncccc23)CC1. The number of benzene rings is 1. The second kappa shape index (κ2) is 7.80. The molecule has 2 saturated heterocycles. The number of hydrogen-bond donors (Lipinski definition) is 1. The fraction of sp³-hybridized carbons (Fsp3) is 0.524. The summed E-state index contributed by atoms with van der Waals surface area (Å²) in [6.45, 7) is 5.33. The number of carbonyl (C=O) groups excluding carboxylic acids is 1. The van der Waals surface area contributed by atoms with Crippen LogP contribution in [0.25, 0.3) is 10.9 Å². The lowest BCUT2D eigenvalue weighted by molar-refractivity contribution is -0.133. The number of halogens is 1. The predicted molar refractivity (Wildman–Crippen MR) is 105 cm³/mol. The third-order valence-electron chi connectivity index (χ3n) is 5.86. The fourth-order valence-electron chi connectivity index (χ4n) is 4.31. The minimum Gasteiger partial charge on any atom is -0.382 e. The molecule has 1 amide bonds. The molecule has 1 atom stereocenters. The van der Waals surface area contributed by atoms with Gasteiger partial charge in [0.2, 0.25) is 5.91 Å². The molecule has 5 nitrogen and oxygen atoms in total. The number of rotatable bonds is 4. The molecular weight excluding hydrogens is 343 g/mol. The van der Waals surface area contributed by atoms with E-state index in [1.807, 2.05) is 17.0 Å². The van der Waals surface area contributed by atoms with Gasteiger partial charge in [-0.15, -0.1) is 0 Å². The van der Waals surface area contributed by atoms with Crippen molar-refractivity contribution in [2.75, 3.05) is 31.5 Å². The van der Waals surface area contributed by atoms with Crippen molar-refractivity contribution in [1.29, 1.82) is 0 Å². The highest BCUT2D eigenvalue weighted by Crippen LogP contribution is 2.26. The van der Waals surface area contributed by atoms with E-state index in [0.29, 0.717) is 18.1 Å². The maximum atomic E-state index is 13.9. The lowest BCUT2D eigenvalue weighted by Crippen LogP contribution is -2.46. The van der Waals surface area contributed by atoms with Crippen molar-refractivity contribution in [2.24, 2.45) is 0 Å². The molecule has 27 heavy (non-hydrogen) atoms. The fourth-order valence-corrected chi connectivity index (χ4v) is 4.31. The van der Waals surface area contributed by atoms with Gasteiger partial charge in [-0.3, -0.25) is 14.7 Å². The van der Waals surface area contributed by atoms with Crippen LogP contribution in [0.3, 0.4) is 0 Å². The van der Waals surface area contributed by atoms with Crippen LogP contribution in [-0.2, 0) is 4.79 Å². The summed E-state index contributed by atoms with van der Waals surface area (Å²) < 4.78 is 13.9. The molecule has 0 bridgehead atoms. The van der Waals surface area contributed by atoms with Crippen molar-refractivity contribution < 1.29 is 9.18 Å². The van der Waals surface area contributed by atoms with Crippen LogP contribution in [0.4, 0.5) is 10.1 Å². The average molecular weight is 370 g/mol. The number of hydrogen-bond acceptors (Lipinski definition) is 4. The van der Waals surface area contributed by atoms with Crippen LogP contribution in [-0.4, -0.2) is 59.0 Å². The molecule has 2 aromatic rings. The van der Waals surface area contributed by atoms with E-state index in [9.17, 15) is 9.18 Å². The number of nitrogens with zero attached hydrogens (tertiary/aromatic N) is 3. The van der Waals surface area contributed by atoms with Gasteiger partial charge in [-0.25, -0.2) is 4.39 Å². The van der Waals surface area contributed by atoms with E-state index < -0.39 is 0 Å². The Hall–Kier alpha value is -2.21. The number of fused-ring (bicyclic) bond motifs is 1. The third kappa shape index (κ3) is 4.05. The van der Waals surface area contributed by atoms with Crippen molar-refractivity contribution in [2.45, 2.75) is 44.7 Å². The number of anilines is 1. The Morgan fingerprint density at radius 2 is 2.07 bits per heavy atom. The first-order valence-electron chi connectivity index (χ1n) is 9.93. The van der Waals surface area contributed by atoms with Crippen molar-refractivity contribution in [3.05, 3.63) is 36.3 Å². The molecule has 4 rings (SSSR count). The monoisotopic (exact) mass is 370 g/mol. The van der Waals surface area contributed by atoms with Gasteiger partial charge in [0.25, 0.3) is 0 Å². The number of piperidine rings is 1. The van der Waals surface area contributed by atoms with Crippen LogP contribution in [0.5, 0.6) is 0 Å². The summed E-state index contributed by atoms with van der Waals surface area (Å²) in [6.07, 6.45) is 5.81. The standard InChI is InChI=1S/C21H27FN4O/c1-15-4-3-9-26(15)21(27)14-25-10-6-17(7-11-25)24-20-13-16(22)12-19-18(20)5-2-8-23-19/h2,5,8,12-13,15,17,24H,3-4,6-7,9-11,14H2,1H3/t15-/m1/s1. The van der Waals surface area contributed by atoms with Crippen LogP contribution in [0.2, 0.25) is 0 Å². The second-order valence-electron chi connectivity index (χ2n) is 7.80. The number of amides is 1. The van der Waals surface area contributed by atoms with Crippen LogP contribution in [0.1, 0.15) is 32.6 Å². The first-order valence-corrected chi connectivity index (χ1v) is 9.93. The van der Waals surface area contributed by atoms with Gasteiger partial charge in [0, 0.05) is 55.1 Å². The Kier molecular flexibility index (Phi) is 5.25. The topological polar surface area (TPSA) is 48.5 Å². The molecule has 2 fully saturated rings. The molecule has 0 aliphatic carbocycles. The van der Waals surface area contributed by atoms with E-state index in [1.54, 1.807) is 12.3 Å². The van der Waals surface area contributed by atoms with E-state index in [4.69, 9.17) is 0 Å². The summed E-state index contributed by atoms with van der Waals surface area (Å²) in [6, 6.07) is 7.52. The van der Waals surface area contributed by atoms with Crippen molar-refractivity contribution in [1.82, 2.24) is 14.8 Å². The van der Waals surface area contributed by atoms with Crippen LogP contribution in [0, 0.1) is 5.82 Å². The molecule has 1 N–H and O–H groups in total. The number of likely N-dealkylation sites (tertiary alicyclic amines) is 2. The summed E-state index contributed by atoms with van der Waals surface area (Å²) in [7, 11) is 0. The molecule has 6 heteroatoms. The molecule has 144 valence electrons. The average Bonchev–Trinajstić information content (AvgIpc) is 3.09. The lowest BCUT2D eigenvalue weighted by atomic mass is 10.0. The Balaban J connectivity index is 1.34. The summed E-state index contributed by atoms with van der Waals surface area (Å²) in [5, 5.41) is 4.44. The van der Waals surface area contributed by atoms with Crippen molar-refractivity contribution in [3.63, 3.8) is 0 Å². The number of nitrogens with one attached hydrogen (secondary N) is 1. The predicted octanol–water partition coefficient (Wildman–Crippen LogP) is 3.26. The number of carbonyl (C=O) groups is 1. The van der Waals surface area contributed by atoms with Gasteiger partial charge in [-0.05, 0) is 50.8 Å². The zero-order valence-electron chi connectivity index (χ0n) is 15.8. The normalized spacial score (nSPS) is 21.7. The molecule has 1 aromatic heterocycles. The number of aromatic nitrogens is 1. The van der Waals surface area contributed by atoms with E-state index >= 15 is 0 Å². The molecule has 0 unspecified atom stereocenters. The van der Waals surface area contributed by atoms with Crippen molar-refractivity contribution >= 4 is 22.5 Å². The van der Waals surface area contributed by atoms with Gasteiger partial charge < -0.3 is 10.2 Å². The number of pyridine rings is 1. The van der Waals surface area contributed by atoms with Gasteiger partial charge in [0.15, 0.2) is 0 Å². The Bertz CT molecular complexity index is 819. The maximum absolute atomic E-state index is 13.9. The molecule has 3 heterocycles. The van der Waals surface area contributed by atoms with Gasteiger partial charge in [-0.2, -0.15) is 0 Å². The van der Waals surface area contributed by atoms with Crippen LogP contribution in [0.15, 0.2) is 30.5 Å². The quantitative estimate of drug-likeness (QED) is 0.897. The molecule has 1 aromatic carbocycles. The smallest absolute Gasteiger partial charge is 0.236 e. The highest BCUT2D eigenvalue weighted by Gasteiger charge is 2.28. The summed E-state index contributed by atoms with van der Waals surface area (Å²) in [5.74, 6) is -0.0138. The zero-order valence-corrected chi connectivity index (χ0v) is 15.8.